The number of nitrogens with zero attached hydrogens (tertiary/aromatic N) is 1. The fourth-order valence-electron chi connectivity index (χ4n) is 2.28. The Bertz CT molecular complexity index is 977. The first-order valence-corrected chi connectivity index (χ1v) is 7.84. The normalized spacial score (nSPS) is 10.5. The molecule has 0 atom stereocenters. The summed E-state index contributed by atoms with van der Waals surface area (Å²) in [5, 5.41) is 5.08. The van der Waals surface area contributed by atoms with Gasteiger partial charge in [-0.1, -0.05) is 18.2 Å². The Morgan fingerprint density at radius 2 is 1.67 bits per heavy atom. The number of amides is 1. The number of hydrogen-bond donors (Lipinski definition) is 2. The van der Waals surface area contributed by atoms with Gasteiger partial charge in [0.05, 0.1) is 17.6 Å². The molecule has 27 heavy (non-hydrogen) atoms. The Hall–Kier alpha value is -3.42. The molecule has 1 aromatic heterocycles. The highest BCUT2D eigenvalue weighted by Crippen LogP contribution is 2.20. The van der Waals surface area contributed by atoms with Crippen LogP contribution in [0.3, 0.4) is 0 Å². The summed E-state index contributed by atoms with van der Waals surface area (Å²) in [6.45, 7) is 0.222. The van der Waals surface area contributed by atoms with Gasteiger partial charge < -0.3 is 10.6 Å². The quantitative estimate of drug-likeness (QED) is 0.510. The minimum Gasteiger partial charge on any atom is -0.380 e. The van der Waals surface area contributed by atoms with E-state index in [2.05, 4.69) is 15.6 Å². The van der Waals surface area contributed by atoms with Crippen molar-refractivity contribution in [3.8, 4) is 0 Å². The molecular weight excluding hydrogens is 362 g/mol. The lowest BCUT2D eigenvalue weighted by Crippen LogP contribution is -2.15. The largest absolute Gasteiger partial charge is 0.380 e. The molecule has 138 valence electrons. The van der Waals surface area contributed by atoms with Crippen LogP contribution in [0.2, 0.25) is 0 Å². The molecule has 0 aliphatic carbocycles. The van der Waals surface area contributed by atoms with Crippen LogP contribution in [0.25, 0.3) is 0 Å². The molecule has 1 heterocycles. The van der Waals surface area contributed by atoms with Crippen LogP contribution < -0.4 is 10.6 Å². The van der Waals surface area contributed by atoms with Crippen molar-refractivity contribution < 1.29 is 22.4 Å². The number of rotatable bonds is 5. The van der Waals surface area contributed by atoms with E-state index in [1.165, 1.54) is 24.4 Å². The number of carbonyl (C=O) groups excluding carboxylic acids is 1. The predicted molar refractivity (Wildman–Crippen MR) is 92.2 cm³/mol. The second-order valence-electron chi connectivity index (χ2n) is 5.55. The van der Waals surface area contributed by atoms with Crippen LogP contribution in [0.1, 0.15) is 16.1 Å². The van der Waals surface area contributed by atoms with Crippen molar-refractivity contribution in [1.29, 1.82) is 0 Å². The van der Waals surface area contributed by atoms with Crippen molar-refractivity contribution in [2.75, 3.05) is 10.6 Å². The number of hydrogen-bond acceptors (Lipinski definition) is 3. The summed E-state index contributed by atoms with van der Waals surface area (Å²) in [6.07, 6.45) is 1.34. The minimum atomic E-state index is -1.67. The fourth-order valence-corrected chi connectivity index (χ4v) is 2.28. The SMILES string of the molecule is O=C(Nc1ccc(F)c(F)c1F)c1ccc(NCc2ccccc2F)cn1. The van der Waals surface area contributed by atoms with Gasteiger partial charge in [-0.15, -0.1) is 0 Å². The fraction of sp³-hybridized carbons (Fsp3) is 0.0526. The van der Waals surface area contributed by atoms with E-state index in [0.717, 1.165) is 6.07 Å². The van der Waals surface area contributed by atoms with Crippen LogP contribution in [0.5, 0.6) is 0 Å². The van der Waals surface area contributed by atoms with Crippen molar-refractivity contribution in [3.05, 3.63) is 89.3 Å². The Balaban J connectivity index is 1.65. The van der Waals surface area contributed by atoms with Crippen LogP contribution in [-0.2, 0) is 6.54 Å². The standard InChI is InChI=1S/C19H13F4N3O/c20-13-4-2-1-3-11(13)9-24-12-5-7-16(25-10-12)19(27)26-15-8-6-14(21)17(22)18(15)23/h1-8,10,24H,9H2,(H,26,27). The lowest BCUT2D eigenvalue weighted by atomic mass is 10.2. The average Bonchev–Trinajstić information content (AvgIpc) is 2.68. The molecule has 1 amide bonds. The van der Waals surface area contributed by atoms with Gasteiger partial charge in [0.25, 0.3) is 5.91 Å². The first kappa shape index (κ1) is 18.4. The molecule has 0 saturated heterocycles. The number of pyridine rings is 1. The molecule has 3 aromatic rings. The van der Waals surface area contributed by atoms with Gasteiger partial charge >= 0.3 is 0 Å². The Morgan fingerprint density at radius 3 is 2.37 bits per heavy atom. The van der Waals surface area contributed by atoms with Crippen molar-refractivity contribution in [3.63, 3.8) is 0 Å². The number of anilines is 2. The number of halogens is 4. The van der Waals surface area contributed by atoms with Crippen LogP contribution in [0.4, 0.5) is 28.9 Å². The molecule has 3 rings (SSSR count). The molecule has 0 saturated carbocycles. The van der Waals surface area contributed by atoms with Crippen molar-refractivity contribution in [1.82, 2.24) is 4.98 Å². The third-order valence-corrected chi connectivity index (χ3v) is 3.72. The van der Waals surface area contributed by atoms with E-state index in [1.54, 1.807) is 18.2 Å². The van der Waals surface area contributed by atoms with Crippen LogP contribution in [0.15, 0.2) is 54.7 Å². The Morgan fingerprint density at radius 1 is 0.889 bits per heavy atom. The first-order valence-electron chi connectivity index (χ1n) is 7.84. The third-order valence-electron chi connectivity index (χ3n) is 3.72. The zero-order valence-electron chi connectivity index (χ0n) is 13.8. The Kier molecular flexibility index (Phi) is 5.35. The smallest absolute Gasteiger partial charge is 0.274 e. The molecule has 0 bridgehead atoms. The zero-order valence-corrected chi connectivity index (χ0v) is 13.8. The summed E-state index contributed by atoms with van der Waals surface area (Å²) in [6, 6.07) is 10.8. The van der Waals surface area contributed by atoms with Gasteiger partial charge in [0.15, 0.2) is 17.5 Å². The van der Waals surface area contributed by atoms with Crippen molar-refractivity contribution >= 4 is 17.3 Å². The average molecular weight is 375 g/mol. The van der Waals surface area contributed by atoms with E-state index in [1.807, 2.05) is 0 Å². The number of benzene rings is 2. The molecule has 0 radical (unpaired) electrons. The van der Waals surface area contributed by atoms with Crippen LogP contribution in [-0.4, -0.2) is 10.9 Å². The van der Waals surface area contributed by atoms with Gasteiger partial charge in [0.2, 0.25) is 0 Å². The van der Waals surface area contributed by atoms with Gasteiger partial charge in [-0.3, -0.25) is 4.79 Å². The van der Waals surface area contributed by atoms with Gasteiger partial charge in [0.1, 0.15) is 11.5 Å². The topological polar surface area (TPSA) is 54.0 Å². The van der Waals surface area contributed by atoms with Crippen LogP contribution >= 0.6 is 0 Å². The maximum absolute atomic E-state index is 13.6. The van der Waals surface area contributed by atoms with E-state index in [4.69, 9.17) is 0 Å². The van der Waals surface area contributed by atoms with E-state index < -0.39 is 29.0 Å². The van der Waals surface area contributed by atoms with E-state index in [-0.39, 0.29) is 18.1 Å². The lowest BCUT2D eigenvalue weighted by molar-refractivity contribution is 0.102. The molecule has 4 nitrogen and oxygen atoms in total. The molecule has 0 aliphatic heterocycles. The second-order valence-corrected chi connectivity index (χ2v) is 5.55. The summed E-state index contributed by atoms with van der Waals surface area (Å²) in [7, 11) is 0. The zero-order chi connectivity index (χ0) is 19.4. The van der Waals surface area contributed by atoms with E-state index >= 15 is 0 Å². The highest BCUT2D eigenvalue weighted by atomic mass is 19.2. The van der Waals surface area contributed by atoms with E-state index in [0.29, 0.717) is 17.3 Å². The number of nitrogens with one attached hydrogen (secondary N) is 2. The molecule has 2 N–H and O–H groups in total. The molecular formula is C19H13F4N3O. The number of carbonyl (C=O) groups is 1. The molecule has 0 unspecified atom stereocenters. The summed E-state index contributed by atoms with van der Waals surface area (Å²) in [4.78, 5) is 16.0. The summed E-state index contributed by atoms with van der Waals surface area (Å²) >= 11 is 0. The van der Waals surface area contributed by atoms with E-state index in [9.17, 15) is 22.4 Å². The van der Waals surface area contributed by atoms with Crippen molar-refractivity contribution in [2.24, 2.45) is 0 Å². The minimum absolute atomic E-state index is 0.0597. The third kappa shape index (κ3) is 4.22. The summed E-state index contributed by atoms with van der Waals surface area (Å²) in [5.74, 6) is -5.66. The van der Waals surface area contributed by atoms with Gasteiger partial charge in [-0.2, -0.15) is 0 Å². The summed E-state index contributed by atoms with van der Waals surface area (Å²) < 4.78 is 53.3. The maximum atomic E-state index is 13.6. The highest BCUT2D eigenvalue weighted by molar-refractivity contribution is 6.03. The van der Waals surface area contributed by atoms with Crippen molar-refractivity contribution in [2.45, 2.75) is 6.54 Å². The molecule has 0 spiro atoms. The predicted octanol–water partition coefficient (Wildman–Crippen LogP) is 4.50. The molecule has 8 heteroatoms. The second kappa shape index (κ2) is 7.86. The first-order chi connectivity index (χ1) is 13.0. The highest BCUT2D eigenvalue weighted by Gasteiger charge is 2.16. The van der Waals surface area contributed by atoms with Gasteiger partial charge in [-0.25, -0.2) is 22.5 Å². The van der Waals surface area contributed by atoms with Gasteiger partial charge in [0, 0.05) is 12.1 Å². The number of aromatic nitrogens is 1. The lowest BCUT2D eigenvalue weighted by Gasteiger charge is -2.09. The molecule has 2 aromatic carbocycles. The summed E-state index contributed by atoms with van der Waals surface area (Å²) in [5.41, 5.74) is 0.444. The van der Waals surface area contributed by atoms with Crippen LogP contribution in [0, 0.1) is 23.3 Å². The Labute approximate surface area is 151 Å². The monoisotopic (exact) mass is 375 g/mol. The maximum Gasteiger partial charge on any atom is 0.274 e. The molecule has 0 fully saturated rings. The van der Waals surface area contributed by atoms with Gasteiger partial charge in [-0.05, 0) is 30.3 Å². The molecule has 0 aliphatic rings.